The molecule has 0 aromatic heterocycles. The normalized spacial score (nSPS) is 14.5. The van der Waals surface area contributed by atoms with Crippen LogP contribution in [0.4, 0.5) is 0 Å². The first-order valence-electron chi connectivity index (χ1n) is 11.2. The van der Waals surface area contributed by atoms with Crippen LogP contribution in [0, 0.1) is 6.92 Å². The molecule has 8 heteroatoms. The second-order valence-electron chi connectivity index (χ2n) is 7.89. The quantitative estimate of drug-likeness (QED) is 0.199. The number of ether oxygens (including phenoxy) is 3. The molecule has 1 aliphatic rings. The minimum Gasteiger partial charge on any atom is -0.491 e. The number of hydrogen-bond acceptors (Lipinski definition) is 5. The average Bonchev–Trinajstić information content (AvgIpc) is 2.82. The monoisotopic (exact) mass is 568 g/mol. The molecular weight excluding hydrogens is 531 g/mol. The van der Waals surface area contributed by atoms with Crippen molar-refractivity contribution in [3.8, 4) is 5.75 Å². The van der Waals surface area contributed by atoms with Crippen LogP contribution in [-0.4, -0.2) is 64.5 Å². The lowest BCUT2D eigenvalue weighted by atomic mass is 10.1. The molecule has 0 radical (unpaired) electrons. The van der Waals surface area contributed by atoms with Gasteiger partial charge in [0.1, 0.15) is 12.4 Å². The molecule has 7 nitrogen and oxygen atoms in total. The van der Waals surface area contributed by atoms with Crippen molar-refractivity contribution in [3.63, 3.8) is 0 Å². The Morgan fingerprint density at radius 2 is 1.70 bits per heavy atom. The van der Waals surface area contributed by atoms with Crippen LogP contribution in [0.2, 0.25) is 0 Å². The van der Waals surface area contributed by atoms with E-state index < -0.39 is 0 Å². The van der Waals surface area contributed by atoms with E-state index >= 15 is 0 Å². The number of methoxy groups -OCH3 is 1. The Morgan fingerprint density at radius 3 is 2.39 bits per heavy atom. The van der Waals surface area contributed by atoms with E-state index in [1.807, 2.05) is 0 Å². The Morgan fingerprint density at radius 1 is 1.00 bits per heavy atom. The summed E-state index contributed by atoms with van der Waals surface area (Å²) in [5, 5.41) is 6.86. The summed E-state index contributed by atoms with van der Waals surface area (Å²) in [5.41, 5.74) is 4.87. The Balaban J connectivity index is 0.00000385. The molecule has 1 aliphatic heterocycles. The highest BCUT2D eigenvalue weighted by Crippen LogP contribution is 2.20. The fourth-order valence-electron chi connectivity index (χ4n) is 3.64. The van der Waals surface area contributed by atoms with Crippen LogP contribution in [-0.2, 0) is 29.1 Å². The highest BCUT2D eigenvalue weighted by atomic mass is 127. The summed E-state index contributed by atoms with van der Waals surface area (Å²) in [6.45, 7) is 9.03. The Labute approximate surface area is 214 Å². The number of halogens is 1. The lowest BCUT2D eigenvalue weighted by Gasteiger charge is -2.27. The molecule has 0 atom stereocenters. The molecule has 1 saturated heterocycles. The third-order valence-corrected chi connectivity index (χ3v) is 5.50. The molecule has 3 rings (SSSR count). The van der Waals surface area contributed by atoms with E-state index in [0.717, 1.165) is 50.1 Å². The Kier molecular flexibility index (Phi) is 12.5. The van der Waals surface area contributed by atoms with Gasteiger partial charge in [-0.15, -0.1) is 24.0 Å². The fraction of sp³-hybridized carbons (Fsp3) is 0.480. The van der Waals surface area contributed by atoms with Gasteiger partial charge in [0, 0.05) is 52.4 Å². The van der Waals surface area contributed by atoms with Crippen LogP contribution in [0.5, 0.6) is 5.75 Å². The van der Waals surface area contributed by atoms with Gasteiger partial charge < -0.3 is 24.8 Å². The van der Waals surface area contributed by atoms with Gasteiger partial charge in [0.25, 0.3) is 0 Å². The number of guanidine groups is 1. The molecule has 182 valence electrons. The molecule has 33 heavy (non-hydrogen) atoms. The molecule has 0 bridgehead atoms. The second-order valence-corrected chi connectivity index (χ2v) is 7.89. The topological polar surface area (TPSA) is 67.4 Å². The van der Waals surface area contributed by atoms with Crippen LogP contribution in [0.25, 0.3) is 0 Å². The molecule has 2 N–H and O–H groups in total. The zero-order valence-electron chi connectivity index (χ0n) is 19.9. The molecule has 1 fully saturated rings. The smallest absolute Gasteiger partial charge is 0.191 e. The zero-order valence-corrected chi connectivity index (χ0v) is 22.3. The molecule has 0 amide bonds. The number of aryl methyl sites for hydroxylation is 1. The van der Waals surface area contributed by atoms with Crippen molar-refractivity contribution in [2.45, 2.75) is 26.6 Å². The Bertz CT molecular complexity index is 872. The van der Waals surface area contributed by atoms with Crippen molar-refractivity contribution in [2.24, 2.45) is 4.99 Å². The van der Waals surface area contributed by atoms with Gasteiger partial charge >= 0.3 is 0 Å². The summed E-state index contributed by atoms with van der Waals surface area (Å²) in [7, 11) is 3.47. The fourth-order valence-corrected chi connectivity index (χ4v) is 3.64. The van der Waals surface area contributed by atoms with Gasteiger partial charge in [-0.1, -0.05) is 36.4 Å². The van der Waals surface area contributed by atoms with Gasteiger partial charge in [0.2, 0.25) is 0 Å². The highest BCUT2D eigenvalue weighted by molar-refractivity contribution is 14.0. The molecule has 2 aromatic rings. The minimum atomic E-state index is 0. The first kappa shape index (κ1) is 27.4. The van der Waals surface area contributed by atoms with Gasteiger partial charge in [-0.3, -0.25) is 9.89 Å². The molecule has 0 spiro atoms. The second kappa shape index (κ2) is 15.1. The van der Waals surface area contributed by atoms with Crippen LogP contribution in [0.15, 0.2) is 47.5 Å². The number of aliphatic imine (C=N–C) groups is 1. The maximum atomic E-state index is 5.90. The number of nitrogens with zero attached hydrogens (tertiary/aromatic N) is 2. The molecule has 0 aliphatic carbocycles. The Hall–Kier alpha value is -1.88. The largest absolute Gasteiger partial charge is 0.491 e. The lowest BCUT2D eigenvalue weighted by Crippen LogP contribution is -2.37. The number of rotatable bonds is 10. The summed E-state index contributed by atoms with van der Waals surface area (Å²) in [6.07, 6.45) is 0. The van der Waals surface area contributed by atoms with E-state index in [4.69, 9.17) is 14.2 Å². The van der Waals surface area contributed by atoms with E-state index in [9.17, 15) is 0 Å². The van der Waals surface area contributed by atoms with E-state index in [0.29, 0.717) is 26.3 Å². The maximum Gasteiger partial charge on any atom is 0.191 e. The molecule has 0 unspecified atom stereocenters. The number of hydrogen-bond donors (Lipinski definition) is 2. The van der Waals surface area contributed by atoms with Gasteiger partial charge in [-0.2, -0.15) is 0 Å². The van der Waals surface area contributed by atoms with Crippen LogP contribution in [0.3, 0.4) is 0 Å². The lowest BCUT2D eigenvalue weighted by molar-refractivity contribution is 0.0341. The maximum absolute atomic E-state index is 5.90. The number of nitrogens with one attached hydrogen (secondary N) is 2. The highest BCUT2D eigenvalue weighted by Gasteiger charge is 2.13. The summed E-state index contributed by atoms with van der Waals surface area (Å²) in [4.78, 5) is 6.84. The average molecular weight is 569 g/mol. The van der Waals surface area contributed by atoms with Crippen molar-refractivity contribution < 1.29 is 14.2 Å². The van der Waals surface area contributed by atoms with Crippen molar-refractivity contribution in [1.82, 2.24) is 15.5 Å². The molecule has 2 aromatic carbocycles. The summed E-state index contributed by atoms with van der Waals surface area (Å²) in [6, 6.07) is 14.8. The van der Waals surface area contributed by atoms with Crippen LogP contribution >= 0.6 is 24.0 Å². The van der Waals surface area contributed by atoms with E-state index in [-0.39, 0.29) is 24.0 Å². The first-order chi connectivity index (χ1) is 15.7. The van der Waals surface area contributed by atoms with Crippen molar-refractivity contribution >= 4 is 29.9 Å². The number of benzene rings is 2. The van der Waals surface area contributed by atoms with Crippen molar-refractivity contribution in [2.75, 3.05) is 53.7 Å². The van der Waals surface area contributed by atoms with E-state index in [1.54, 1.807) is 14.2 Å². The molecule has 1 heterocycles. The van der Waals surface area contributed by atoms with Crippen molar-refractivity contribution in [1.29, 1.82) is 0 Å². The predicted octanol–water partition coefficient (Wildman–Crippen LogP) is 3.34. The van der Waals surface area contributed by atoms with Crippen LogP contribution in [0.1, 0.15) is 22.3 Å². The van der Waals surface area contributed by atoms with Gasteiger partial charge in [0.05, 0.1) is 19.8 Å². The first-order valence-corrected chi connectivity index (χ1v) is 11.2. The SMILES string of the molecule is CN=C(NCc1ccccc1CN1CCOCC1)NCc1ccc(C)cc1OCCOC.I. The summed E-state index contributed by atoms with van der Waals surface area (Å²) in [5.74, 6) is 1.63. The van der Waals surface area contributed by atoms with Gasteiger partial charge in [0.15, 0.2) is 5.96 Å². The minimum absolute atomic E-state index is 0. The summed E-state index contributed by atoms with van der Waals surface area (Å²) < 4.78 is 16.5. The number of morpholine rings is 1. The predicted molar refractivity (Wildman–Crippen MR) is 144 cm³/mol. The zero-order chi connectivity index (χ0) is 22.6. The van der Waals surface area contributed by atoms with E-state index in [1.165, 1.54) is 16.7 Å². The van der Waals surface area contributed by atoms with Crippen molar-refractivity contribution in [3.05, 3.63) is 64.7 Å². The third kappa shape index (κ3) is 9.11. The van der Waals surface area contributed by atoms with E-state index in [2.05, 4.69) is 69.9 Å². The molecule has 0 saturated carbocycles. The third-order valence-electron chi connectivity index (χ3n) is 5.50. The standard InChI is InChI=1S/C25H36N4O3.HI/c1-20-8-9-22(24(16-20)32-15-14-30-3)18-28-25(26-2)27-17-21-6-4-5-7-23(21)19-29-10-12-31-13-11-29;/h4-9,16H,10-15,17-19H2,1-3H3,(H2,26,27,28);1H. The van der Waals surface area contributed by atoms with Gasteiger partial charge in [-0.05, 0) is 29.7 Å². The molecular formula is C25H37IN4O3. The van der Waals surface area contributed by atoms with Gasteiger partial charge in [-0.25, -0.2) is 0 Å². The summed E-state index contributed by atoms with van der Waals surface area (Å²) >= 11 is 0. The van der Waals surface area contributed by atoms with Crippen LogP contribution < -0.4 is 15.4 Å².